The molecule has 0 aliphatic rings. The van der Waals surface area contributed by atoms with E-state index in [-0.39, 0.29) is 5.78 Å². The number of ketones is 1. The lowest BCUT2D eigenvalue weighted by Gasteiger charge is -2.07. The summed E-state index contributed by atoms with van der Waals surface area (Å²) in [5.41, 5.74) is 0.568. The quantitative estimate of drug-likeness (QED) is 0.551. The van der Waals surface area contributed by atoms with E-state index in [9.17, 15) is 4.79 Å². The van der Waals surface area contributed by atoms with Gasteiger partial charge >= 0.3 is 0 Å². The van der Waals surface area contributed by atoms with Gasteiger partial charge in [-0.3, -0.25) is 9.48 Å². The van der Waals surface area contributed by atoms with Crippen LogP contribution < -0.4 is 10.1 Å². The number of hydrogen-bond acceptors (Lipinski definition) is 4. The van der Waals surface area contributed by atoms with E-state index < -0.39 is 0 Å². The van der Waals surface area contributed by atoms with Crippen LogP contribution in [0.3, 0.4) is 0 Å². The van der Waals surface area contributed by atoms with Crippen molar-refractivity contribution in [2.45, 2.75) is 33.2 Å². The standard InChI is InChI=1S/C12H21N3O2/c1-4-6-13-8-10(16)12-11(17-3)9-14-15(12)7-5-2/h9,13H,4-8H2,1-3H3. The van der Waals surface area contributed by atoms with Gasteiger partial charge in [-0.2, -0.15) is 5.10 Å². The summed E-state index contributed by atoms with van der Waals surface area (Å²) in [6.07, 6.45) is 3.55. The molecule has 1 aromatic heterocycles. The molecule has 0 amide bonds. The molecule has 0 aliphatic carbocycles. The number of aryl methyl sites for hydroxylation is 1. The predicted molar refractivity (Wildman–Crippen MR) is 66.6 cm³/mol. The summed E-state index contributed by atoms with van der Waals surface area (Å²) < 4.78 is 6.88. The number of hydrogen-bond donors (Lipinski definition) is 1. The first-order chi connectivity index (χ1) is 8.24. The highest BCUT2D eigenvalue weighted by atomic mass is 16.5. The third-order valence-electron chi connectivity index (χ3n) is 2.44. The first-order valence-corrected chi connectivity index (χ1v) is 6.08. The molecule has 0 saturated heterocycles. The fourth-order valence-electron chi connectivity index (χ4n) is 1.64. The van der Waals surface area contributed by atoms with Crippen molar-refractivity contribution < 1.29 is 9.53 Å². The molecule has 0 unspecified atom stereocenters. The van der Waals surface area contributed by atoms with Gasteiger partial charge in [0.15, 0.2) is 11.5 Å². The largest absolute Gasteiger partial charge is 0.493 e. The van der Waals surface area contributed by atoms with Crippen molar-refractivity contribution in [2.75, 3.05) is 20.2 Å². The lowest BCUT2D eigenvalue weighted by molar-refractivity contribution is 0.0977. The SMILES string of the molecule is CCCNCC(=O)c1c(OC)cnn1CCC. The van der Waals surface area contributed by atoms with Gasteiger partial charge in [-0.05, 0) is 19.4 Å². The van der Waals surface area contributed by atoms with Crippen LogP contribution in [0.5, 0.6) is 5.75 Å². The number of carbonyl (C=O) groups is 1. The van der Waals surface area contributed by atoms with Crippen LogP contribution in [-0.4, -0.2) is 35.8 Å². The molecule has 0 saturated carbocycles. The molecule has 1 rings (SSSR count). The average molecular weight is 239 g/mol. The molecular formula is C12H21N3O2. The molecule has 5 nitrogen and oxygen atoms in total. The van der Waals surface area contributed by atoms with Crippen LogP contribution >= 0.6 is 0 Å². The van der Waals surface area contributed by atoms with Crippen LogP contribution in [0.2, 0.25) is 0 Å². The minimum Gasteiger partial charge on any atom is -0.493 e. The molecule has 96 valence electrons. The predicted octanol–water partition coefficient (Wildman–Crippen LogP) is 1.48. The molecule has 5 heteroatoms. The van der Waals surface area contributed by atoms with Crippen LogP contribution in [0, 0.1) is 0 Å². The highest BCUT2D eigenvalue weighted by molar-refractivity contribution is 5.98. The molecular weight excluding hydrogens is 218 g/mol. The molecule has 0 fully saturated rings. The Morgan fingerprint density at radius 2 is 2.24 bits per heavy atom. The van der Waals surface area contributed by atoms with Crippen molar-refractivity contribution in [1.29, 1.82) is 0 Å². The van der Waals surface area contributed by atoms with E-state index in [1.165, 1.54) is 0 Å². The van der Waals surface area contributed by atoms with Crippen LogP contribution in [0.4, 0.5) is 0 Å². The lowest BCUT2D eigenvalue weighted by atomic mass is 10.2. The van der Waals surface area contributed by atoms with E-state index in [4.69, 9.17) is 4.74 Å². The number of rotatable bonds is 8. The Morgan fingerprint density at radius 1 is 1.47 bits per heavy atom. The van der Waals surface area contributed by atoms with E-state index >= 15 is 0 Å². The van der Waals surface area contributed by atoms with Gasteiger partial charge in [0.25, 0.3) is 0 Å². The number of nitrogens with one attached hydrogen (secondary N) is 1. The van der Waals surface area contributed by atoms with Crippen LogP contribution in [-0.2, 0) is 6.54 Å². The second-order valence-electron chi connectivity index (χ2n) is 3.88. The van der Waals surface area contributed by atoms with E-state index in [1.54, 1.807) is 18.0 Å². The molecule has 0 aromatic carbocycles. The van der Waals surface area contributed by atoms with E-state index in [1.807, 2.05) is 0 Å². The molecule has 17 heavy (non-hydrogen) atoms. The number of nitrogens with zero attached hydrogens (tertiary/aromatic N) is 2. The summed E-state index contributed by atoms with van der Waals surface area (Å²) in [7, 11) is 1.56. The molecule has 0 radical (unpaired) electrons. The summed E-state index contributed by atoms with van der Waals surface area (Å²) in [5.74, 6) is 0.586. The maximum Gasteiger partial charge on any atom is 0.198 e. The van der Waals surface area contributed by atoms with Crippen molar-refractivity contribution in [3.8, 4) is 5.75 Å². The first kappa shape index (κ1) is 13.7. The van der Waals surface area contributed by atoms with Gasteiger partial charge in [-0.1, -0.05) is 13.8 Å². The monoisotopic (exact) mass is 239 g/mol. The number of methoxy groups -OCH3 is 1. The van der Waals surface area contributed by atoms with Gasteiger partial charge in [-0.15, -0.1) is 0 Å². The van der Waals surface area contributed by atoms with E-state index in [2.05, 4.69) is 24.3 Å². The van der Waals surface area contributed by atoms with Gasteiger partial charge < -0.3 is 10.1 Å². The van der Waals surface area contributed by atoms with Crippen LogP contribution in [0.15, 0.2) is 6.20 Å². The summed E-state index contributed by atoms with van der Waals surface area (Å²) in [5, 5.41) is 7.27. The van der Waals surface area contributed by atoms with Gasteiger partial charge in [-0.25, -0.2) is 0 Å². The van der Waals surface area contributed by atoms with Crippen molar-refractivity contribution in [1.82, 2.24) is 15.1 Å². The third-order valence-corrected chi connectivity index (χ3v) is 2.44. The zero-order chi connectivity index (χ0) is 12.7. The Bertz CT molecular complexity index is 361. The Labute approximate surface area is 102 Å². The normalized spacial score (nSPS) is 10.5. The highest BCUT2D eigenvalue weighted by Gasteiger charge is 2.18. The zero-order valence-corrected chi connectivity index (χ0v) is 10.8. The summed E-state index contributed by atoms with van der Waals surface area (Å²) >= 11 is 0. The zero-order valence-electron chi connectivity index (χ0n) is 10.8. The molecule has 0 bridgehead atoms. The smallest absolute Gasteiger partial charge is 0.198 e. The molecule has 1 aromatic rings. The lowest BCUT2D eigenvalue weighted by Crippen LogP contribution is -2.26. The van der Waals surface area contributed by atoms with Crippen molar-refractivity contribution in [2.24, 2.45) is 0 Å². The van der Waals surface area contributed by atoms with E-state index in [0.29, 0.717) is 18.0 Å². The Kier molecular flexibility index (Phi) is 5.69. The molecule has 0 aliphatic heterocycles. The molecule has 0 atom stereocenters. The van der Waals surface area contributed by atoms with Gasteiger partial charge in [0.2, 0.25) is 0 Å². The summed E-state index contributed by atoms with van der Waals surface area (Å²) in [6.45, 7) is 6.03. The Morgan fingerprint density at radius 3 is 2.82 bits per heavy atom. The Balaban J connectivity index is 2.77. The molecule has 1 heterocycles. The second kappa shape index (κ2) is 7.06. The van der Waals surface area contributed by atoms with Gasteiger partial charge in [0.1, 0.15) is 5.69 Å². The first-order valence-electron chi connectivity index (χ1n) is 6.08. The number of aromatic nitrogens is 2. The summed E-state index contributed by atoms with van der Waals surface area (Å²) in [4.78, 5) is 12.1. The second-order valence-corrected chi connectivity index (χ2v) is 3.88. The maximum absolute atomic E-state index is 12.1. The van der Waals surface area contributed by atoms with Gasteiger partial charge in [0.05, 0.1) is 19.9 Å². The topological polar surface area (TPSA) is 56.1 Å². The highest BCUT2D eigenvalue weighted by Crippen LogP contribution is 2.18. The number of Topliss-reactive ketones (excluding diaryl/α,β-unsaturated/α-hetero) is 1. The minimum absolute atomic E-state index is 0.0289. The number of carbonyl (C=O) groups excluding carboxylic acids is 1. The van der Waals surface area contributed by atoms with Crippen LogP contribution in [0.1, 0.15) is 37.2 Å². The van der Waals surface area contributed by atoms with Gasteiger partial charge in [0, 0.05) is 6.54 Å². The van der Waals surface area contributed by atoms with Crippen molar-refractivity contribution in [3.05, 3.63) is 11.9 Å². The molecule has 1 N–H and O–H groups in total. The Hall–Kier alpha value is -1.36. The fourth-order valence-corrected chi connectivity index (χ4v) is 1.64. The van der Waals surface area contributed by atoms with E-state index in [0.717, 1.165) is 25.9 Å². The molecule has 0 spiro atoms. The summed E-state index contributed by atoms with van der Waals surface area (Å²) in [6, 6.07) is 0. The van der Waals surface area contributed by atoms with Crippen LogP contribution in [0.25, 0.3) is 0 Å². The minimum atomic E-state index is 0.0289. The fraction of sp³-hybridized carbons (Fsp3) is 0.667. The van der Waals surface area contributed by atoms with Crippen molar-refractivity contribution >= 4 is 5.78 Å². The van der Waals surface area contributed by atoms with Crippen molar-refractivity contribution in [3.63, 3.8) is 0 Å². The maximum atomic E-state index is 12.1. The number of ether oxygens (including phenoxy) is 1. The third kappa shape index (κ3) is 3.56. The average Bonchev–Trinajstić information content (AvgIpc) is 2.73.